The number of nitrogens with two attached hydrogens (primary N) is 1. The zero-order valence-corrected chi connectivity index (χ0v) is 9.12. The van der Waals surface area contributed by atoms with Gasteiger partial charge in [-0.2, -0.15) is 0 Å². The van der Waals surface area contributed by atoms with Crippen molar-refractivity contribution in [1.82, 2.24) is 10.2 Å². The molecule has 1 saturated heterocycles. The first-order valence-corrected chi connectivity index (χ1v) is 5.34. The molecule has 1 aliphatic rings. The maximum Gasteiger partial charge on any atom is 0.221 e. The summed E-state index contributed by atoms with van der Waals surface area (Å²) in [5.41, 5.74) is 5.61. The summed E-state index contributed by atoms with van der Waals surface area (Å²) in [7, 11) is 2.06. The summed E-state index contributed by atoms with van der Waals surface area (Å²) in [4.78, 5) is 13.6. The fraction of sp³-hybridized carbons (Fsp3) is 0.900. The summed E-state index contributed by atoms with van der Waals surface area (Å²) in [6.45, 7) is 3.57. The van der Waals surface area contributed by atoms with Crippen molar-refractivity contribution in [3.63, 3.8) is 0 Å². The Kier molecular flexibility index (Phi) is 4.35. The van der Waals surface area contributed by atoms with Crippen molar-refractivity contribution in [1.29, 1.82) is 0 Å². The Labute approximate surface area is 85.8 Å². The minimum atomic E-state index is 0.170. The molecule has 0 saturated carbocycles. The second kappa shape index (κ2) is 5.32. The third-order valence-corrected chi connectivity index (χ3v) is 3.07. The maximum atomic E-state index is 11.3. The van der Waals surface area contributed by atoms with Gasteiger partial charge in [-0.3, -0.25) is 9.69 Å². The Bertz CT molecular complexity index is 196. The topological polar surface area (TPSA) is 58.4 Å². The normalized spacial score (nSPS) is 25.7. The molecule has 4 nitrogen and oxygen atoms in total. The monoisotopic (exact) mass is 199 g/mol. The van der Waals surface area contributed by atoms with Gasteiger partial charge in [-0.05, 0) is 26.8 Å². The maximum absolute atomic E-state index is 11.3. The van der Waals surface area contributed by atoms with E-state index in [1.54, 1.807) is 0 Å². The standard InChI is InChI=1S/C10H21N3O/c1-8(7-11)13(2)9-4-3-5-12-10(14)6-9/h8-9H,3-7,11H2,1-2H3,(H,12,14). The van der Waals surface area contributed by atoms with Gasteiger partial charge in [0.2, 0.25) is 5.91 Å². The molecular weight excluding hydrogens is 178 g/mol. The SMILES string of the molecule is CC(CN)N(C)C1CCCNC(=O)C1. The zero-order chi connectivity index (χ0) is 10.6. The molecule has 14 heavy (non-hydrogen) atoms. The molecule has 4 heteroatoms. The van der Waals surface area contributed by atoms with Crippen molar-refractivity contribution in [2.75, 3.05) is 20.1 Å². The van der Waals surface area contributed by atoms with E-state index >= 15 is 0 Å². The summed E-state index contributed by atoms with van der Waals surface area (Å²) >= 11 is 0. The molecule has 0 radical (unpaired) electrons. The number of hydrogen-bond donors (Lipinski definition) is 2. The summed E-state index contributed by atoms with van der Waals surface area (Å²) in [5.74, 6) is 0.170. The largest absolute Gasteiger partial charge is 0.356 e. The third kappa shape index (κ3) is 2.96. The van der Waals surface area contributed by atoms with Gasteiger partial charge in [0.1, 0.15) is 0 Å². The van der Waals surface area contributed by atoms with Crippen molar-refractivity contribution < 1.29 is 4.79 Å². The van der Waals surface area contributed by atoms with E-state index in [9.17, 15) is 4.79 Å². The molecule has 0 aliphatic carbocycles. The number of amides is 1. The Morgan fingerprint density at radius 1 is 1.71 bits per heavy atom. The van der Waals surface area contributed by atoms with Gasteiger partial charge in [0.05, 0.1) is 0 Å². The Balaban J connectivity index is 2.52. The van der Waals surface area contributed by atoms with Crippen molar-refractivity contribution in [3.05, 3.63) is 0 Å². The highest BCUT2D eigenvalue weighted by molar-refractivity contribution is 5.76. The molecule has 0 aromatic heterocycles. The highest BCUT2D eigenvalue weighted by Crippen LogP contribution is 2.14. The molecule has 1 heterocycles. The van der Waals surface area contributed by atoms with Gasteiger partial charge in [-0.25, -0.2) is 0 Å². The molecule has 1 fully saturated rings. The molecule has 0 bridgehead atoms. The summed E-state index contributed by atoms with van der Waals surface area (Å²) < 4.78 is 0. The first-order chi connectivity index (χ1) is 6.65. The van der Waals surface area contributed by atoms with Gasteiger partial charge in [0, 0.05) is 31.6 Å². The van der Waals surface area contributed by atoms with E-state index in [0.717, 1.165) is 19.4 Å². The highest BCUT2D eigenvalue weighted by Gasteiger charge is 2.23. The number of rotatable bonds is 3. The van der Waals surface area contributed by atoms with E-state index in [-0.39, 0.29) is 5.91 Å². The molecular formula is C10H21N3O. The minimum Gasteiger partial charge on any atom is -0.356 e. The van der Waals surface area contributed by atoms with E-state index < -0.39 is 0 Å². The average Bonchev–Trinajstić information content (AvgIpc) is 2.40. The number of carbonyl (C=O) groups is 1. The number of hydrogen-bond acceptors (Lipinski definition) is 3. The minimum absolute atomic E-state index is 0.170. The van der Waals surface area contributed by atoms with Crippen LogP contribution in [0.15, 0.2) is 0 Å². The van der Waals surface area contributed by atoms with Crippen molar-refractivity contribution >= 4 is 5.91 Å². The van der Waals surface area contributed by atoms with Crippen LogP contribution in [0.2, 0.25) is 0 Å². The molecule has 1 aliphatic heterocycles. The van der Waals surface area contributed by atoms with Crippen LogP contribution in [0.4, 0.5) is 0 Å². The molecule has 0 aromatic rings. The van der Waals surface area contributed by atoms with Crippen molar-refractivity contribution in [3.8, 4) is 0 Å². The van der Waals surface area contributed by atoms with Gasteiger partial charge in [-0.1, -0.05) is 0 Å². The van der Waals surface area contributed by atoms with Gasteiger partial charge in [-0.15, -0.1) is 0 Å². The van der Waals surface area contributed by atoms with Gasteiger partial charge < -0.3 is 11.1 Å². The molecule has 2 unspecified atom stereocenters. The first-order valence-electron chi connectivity index (χ1n) is 5.34. The predicted octanol–water partition coefficient (Wildman–Crippen LogP) is -0.0659. The highest BCUT2D eigenvalue weighted by atomic mass is 16.1. The Hall–Kier alpha value is -0.610. The quantitative estimate of drug-likeness (QED) is 0.669. The summed E-state index contributed by atoms with van der Waals surface area (Å²) in [6, 6.07) is 0.710. The van der Waals surface area contributed by atoms with Crippen LogP contribution in [-0.2, 0) is 4.79 Å². The van der Waals surface area contributed by atoms with E-state index in [0.29, 0.717) is 25.0 Å². The lowest BCUT2D eigenvalue weighted by molar-refractivity contribution is -0.121. The van der Waals surface area contributed by atoms with Crippen LogP contribution in [0.3, 0.4) is 0 Å². The summed E-state index contributed by atoms with van der Waals surface area (Å²) in [5, 5.41) is 2.89. The molecule has 1 rings (SSSR count). The van der Waals surface area contributed by atoms with Crippen LogP contribution in [-0.4, -0.2) is 43.0 Å². The average molecular weight is 199 g/mol. The lowest BCUT2D eigenvalue weighted by Crippen LogP contribution is -2.43. The number of nitrogens with one attached hydrogen (secondary N) is 1. The second-order valence-electron chi connectivity index (χ2n) is 4.10. The molecule has 3 N–H and O–H groups in total. The second-order valence-corrected chi connectivity index (χ2v) is 4.10. The fourth-order valence-electron chi connectivity index (χ4n) is 1.83. The molecule has 0 aromatic carbocycles. The van der Waals surface area contributed by atoms with Crippen LogP contribution in [0.1, 0.15) is 26.2 Å². The smallest absolute Gasteiger partial charge is 0.221 e. The van der Waals surface area contributed by atoms with Gasteiger partial charge >= 0.3 is 0 Å². The first kappa shape index (κ1) is 11.5. The van der Waals surface area contributed by atoms with Crippen molar-refractivity contribution in [2.45, 2.75) is 38.3 Å². The van der Waals surface area contributed by atoms with E-state index in [4.69, 9.17) is 5.73 Å². The molecule has 1 amide bonds. The van der Waals surface area contributed by atoms with Crippen molar-refractivity contribution in [2.24, 2.45) is 5.73 Å². The van der Waals surface area contributed by atoms with E-state index in [2.05, 4.69) is 24.2 Å². The van der Waals surface area contributed by atoms with E-state index in [1.165, 1.54) is 0 Å². The molecule has 0 spiro atoms. The predicted molar refractivity (Wildman–Crippen MR) is 56.9 cm³/mol. The lowest BCUT2D eigenvalue weighted by atomic mass is 10.1. The van der Waals surface area contributed by atoms with Crippen LogP contribution >= 0.6 is 0 Å². The fourth-order valence-corrected chi connectivity index (χ4v) is 1.83. The summed E-state index contributed by atoms with van der Waals surface area (Å²) in [6.07, 6.45) is 2.76. The van der Waals surface area contributed by atoms with Gasteiger partial charge in [0.25, 0.3) is 0 Å². The molecule has 82 valence electrons. The van der Waals surface area contributed by atoms with Crippen LogP contribution in [0.25, 0.3) is 0 Å². The van der Waals surface area contributed by atoms with Crippen LogP contribution in [0, 0.1) is 0 Å². The third-order valence-electron chi connectivity index (χ3n) is 3.07. The Morgan fingerprint density at radius 2 is 2.43 bits per heavy atom. The number of carbonyl (C=O) groups excluding carboxylic acids is 1. The Morgan fingerprint density at radius 3 is 3.07 bits per heavy atom. The van der Waals surface area contributed by atoms with E-state index in [1.807, 2.05) is 0 Å². The number of nitrogens with zero attached hydrogens (tertiary/aromatic N) is 1. The zero-order valence-electron chi connectivity index (χ0n) is 9.12. The lowest BCUT2D eigenvalue weighted by Gasteiger charge is -2.31. The number of likely N-dealkylation sites (N-methyl/N-ethyl adjacent to an activating group) is 1. The van der Waals surface area contributed by atoms with Gasteiger partial charge in [0.15, 0.2) is 0 Å². The molecule has 2 atom stereocenters. The van der Waals surface area contributed by atoms with Crippen LogP contribution in [0.5, 0.6) is 0 Å². The van der Waals surface area contributed by atoms with Crippen LogP contribution < -0.4 is 11.1 Å².